The van der Waals surface area contributed by atoms with Gasteiger partial charge in [0, 0.05) is 18.2 Å². The monoisotopic (exact) mass is 426 g/mol. The van der Waals surface area contributed by atoms with Crippen LogP contribution in [-0.2, 0) is 0 Å². The molecule has 164 valence electrons. The van der Waals surface area contributed by atoms with Crippen LogP contribution in [0.4, 0.5) is 10.5 Å². The summed E-state index contributed by atoms with van der Waals surface area (Å²) in [6.07, 6.45) is 7.13. The molecule has 2 N–H and O–H groups in total. The molecule has 0 bridgehead atoms. The van der Waals surface area contributed by atoms with Crippen LogP contribution in [0.2, 0.25) is 0 Å². The Labute approximate surface area is 180 Å². The minimum atomic E-state index is -0.456. The Balaban J connectivity index is 1.38. The Morgan fingerprint density at radius 3 is 2.48 bits per heavy atom. The molecule has 0 unspecified atom stereocenters. The summed E-state index contributed by atoms with van der Waals surface area (Å²) in [6, 6.07) is 13.1. The first-order chi connectivity index (χ1) is 15.1. The highest BCUT2D eigenvalue weighted by atomic mass is 16.6. The number of ether oxygens (including phenoxy) is 2. The Hall–Kier alpha value is -3.62. The Bertz CT molecular complexity index is 895. The van der Waals surface area contributed by atoms with Gasteiger partial charge in [-0.15, -0.1) is 0 Å². The summed E-state index contributed by atoms with van der Waals surface area (Å²) in [6.45, 7) is 0.596. The van der Waals surface area contributed by atoms with Crippen molar-refractivity contribution >= 4 is 17.9 Å². The lowest BCUT2D eigenvalue weighted by molar-refractivity contribution is -0.384. The fraction of sp³-hybridized carbons (Fsp3) is 0.364. The van der Waals surface area contributed by atoms with E-state index in [1.807, 2.05) is 18.2 Å². The number of nitro benzene ring substituents is 1. The number of benzene rings is 2. The predicted octanol–water partition coefficient (Wildman–Crippen LogP) is 4.02. The molecule has 1 aliphatic rings. The zero-order valence-electron chi connectivity index (χ0n) is 17.2. The number of rotatable bonds is 9. The van der Waals surface area contributed by atoms with E-state index in [1.165, 1.54) is 18.6 Å². The van der Waals surface area contributed by atoms with E-state index in [4.69, 9.17) is 9.47 Å². The molecule has 1 aliphatic carbocycles. The molecule has 2 aromatic carbocycles. The SMILES string of the molecule is O=C(N/N=C\c1cccc(OCCOc2ccc([N+](=O)[O-])cc2)c1)NC1CCCCC1. The third-order valence-electron chi connectivity index (χ3n) is 4.85. The van der Waals surface area contributed by atoms with Gasteiger partial charge in [0.05, 0.1) is 11.1 Å². The van der Waals surface area contributed by atoms with Crippen LogP contribution < -0.4 is 20.2 Å². The van der Waals surface area contributed by atoms with Crippen molar-refractivity contribution in [1.29, 1.82) is 0 Å². The number of nitro groups is 1. The number of carbonyl (C=O) groups excluding carboxylic acids is 1. The molecule has 0 aromatic heterocycles. The molecule has 0 heterocycles. The molecule has 2 amide bonds. The zero-order chi connectivity index (χ0) is 21.9. The third kappa shape index (κ3) is 7.61. The molecular formula is C22H26N4O5. The first-order valence-electron chi connectivity index (χ1n) is 10.3. The van der Waals surface area contributed by atoms with Gasteiger partial charge in [0.1, 0.15) is 24.7 Å². The number of hydrazone groups is 1. The van der Waals surface area contributed by atoms with Crippen molar-refractivity contribution in [3.8, 4) is 11.5 Å². The summed E-state index contributed by atoms with van der Waals surface area (Å²) in [5, 5.41) is 17.6. The standard InChI is InChI=1S/C22H26N4O5/c27-22(24-18-6-2-1-3-7-18)25-23-16-17-5-4-8-21(15-17)31-14-13-30-20-11-9-19(10-12-20)26(28)29/h4-5,8-12,15-16,18H,1-3,6-7,13-14H2,(H2,24,25,27)/b23-16-. The van der Waals surface area contributed by atoms with Crippen LogP contribution in [0.1, 0.15) is 37.7 Å². The van der Waals surface area contributed by atoms with Gasteiger partial charge in [0.15, 0.2) is 0 Å². The number of carbonyl (C=O) groups is 1. The highest BCUT2D eigenvalue weighted by molar-refractivity contribution is 5.82. The molecule has 9 nitrogen and oxygen atoms in total. The van der Waals surface area contributed by atoms with E-state index >= 15 is 0 Å². The van der Waals surface area contributed by atoms with E-state index in [2.05, 4.69) is 15.8 Å². The topological polar surface area (TPSA) is 115 Å². The van der Waals surface area contributed by atoms with Gasteiger partial charge in [0.25, 0.3) is 5.69 Å². The summed E-state index contributed by atoms with van der Waals surface area (Å²) < 4.78 is 11.2. The van der Waals surface area contributed by atoms with Crippen molar-refractivity contribution in [2.45, 2.75) is 38.1 Å². The second-order valence-corrected chi connectivity index (χ2v) is 7.20. The quantitative estimate of drug-likeness (QED) is 0.272. The summed E-state index contributed by atoms with van der Waals surface area (Å²) in [5.41, 5.74) is 3.30. The molecule has 0 spiro atoms. The number of nitrogens with one attached hydrogen (secondary N) is 2. The van der Waals surface area contributed by atoms with Crippen molar-refractivity contribution < 1.29 is 19.2 Å². The van der Waals surface area contributed by atoms with Crippen LogP contribution in [0.5, 0.6) is 11.5 Å². The van der Waals surface area contributed by atoms with Gasteiger partial charge in [-0.2, -0.15) is 5.10 Å². The Morgan fingerprint density at radius 1 is 1.06 bits per heavy atom. The van der Waals surface area contributed by atoms with Gasteiger partial charge in [0.2, 0.25) is 0 Å². The summed E-state index contributed by atoms with van der Waals surface area (Å²) in [7, 11) is 0. The van der Waals surface area contributed by atoms with Crippen LogP contribution in [0, 0.1) is 10.1 Å². The minimum absolute atomic E-state index is 0.0167. The Kier molecular flexibility index (Phi) is 8.21. The number of hydrogen-bond acceptors (Lipinski definition) is 6. The van der Waals surface area contributed by atoms with Crippen molar-refractivity contribution in [3.63, 3.8) is 0 Å². The highest BCUT2D eigenvalue weighted by Gasteiger charge is 2.14. The molecule has 1 fully saturated rings. The molecule has 31 heavy (non-hydrogen) atoms. The first kappa shape index (κ1) is 22.1. The number of hydrogen-bond donors (Lipinski definition) is 2. The predicted molar refractivity (Wildman–Crippen MR) is 117 cm³/mol. The average Bonchev–Trinajstić information content (AvgIpc) is 2.78. The van der Waals surface area contributed by atoms with Gasteiger partial charge in [-0.3, -0.25) is 10.1 Å². The summed E-state index contributed by atoms with van der Waals surface area (Å²) in [5.74, 6) is 1.18. The maximum absolute atomic E-state index is 11.9. The normalized spacial score (nSPS) is 14.2. The smallest absolute Gasteiger partial charge is 0.335 e. The lowest BCUT2D eigenvalue weighted by atomic mass is 9.96. The van der Waals surface area contributed by atoms with Crippen LogP contribution in [0.15, 0.2) is 53.6 Å². The summed E-state index contributed by atoms with van der Waals surface area (Å²) in [4.78, 5) is 22.1. The maximum Gasteiger partial charge on any atom is 0.335 e. The van der Waals surface area contributed by atoms with Crippen molar-refractivity contribution in [1.82, 2.24) is 10.7 Å². The molecular weight excluding hydrogens is 400 g/mol. The van der Waals surface area contributed by atoms with E-state index in [0.717, 1.165) is 31.2 Å². The molecule has 0 radical (unpaired) electrons. The lowest BCUT2D eigenvalue weighted by Crippen LogP contribution is -2.41. The molecule has 9 heteroatoms. The van der Waals surface area contributed by atoms with Crippen LogP contribution >= 0.6 is 0 Å². The first-order valence-corrected chi connectivity index (χ1v) is 10.3. The maximum atomic E-state index is 11.9. The van der Waals surface area contributed by atoms with Gasteiger partial charge in [-0.25, -0.2) is 10.2 Å². The van der Waals surface area contributed by atoms with Gasteiger partial charge in [-0.1, -0.05) is 31.4 Å². The van der Waals surface area contributed by atoms with Gasteiger partial charge < -0.3 is 14.8 Å². The number of urea groups is 1. The second kappa shape index (κ2) is 11.5. The molecule has 0 aliphatic heterocycles. The summed E-state index contributed by atoms with van der Waals surface area (Å²) >= 11 is 0. The molecule has 1 saturated carbocycles. The highest BCUT2D eigenvalue weighted by Crippen LogP contribution is 2.18. The van der Waals surface area contributed by atoms with Gasteiger partial charge >= 0.3 is 6.03 Å². The lowest BCUT2D eigenvalue weighted by Gasteiger charge is -2.22. The largest absolute Gasteiger partial charge is 0.490 e. The van der Waals surface area contributed by atoms with E-state index in [0.29, 0.717) is 24.7 Å². The van der Waals surface area contributed by atoms with Crippen molar-refractivity contribution in [2.75, 3.05) is 13.2 Å². The van der Waals surface area contributed by atoms with Crippen molar-refractivity contribution in [2.24, 2.45) is 5.10 Å². The van der Waals surface area contributed by atoms with E-state index in [1.54, 1.807) is 24.4 Å². The number of amides is 2. The van der Waals surface area contributed by atoms with Crippen LogP contribution in [0.25, 0.3) is 0 Å². The van der Waals surface area contributed by atoms with E-state index < -0.39 is 4.92 Å². The fourth-order valence-electron chi connectivity index (χ4n) is 3.30. The second-order valence-electron chi connectivity index (χ2n) is 7.20. The number of non-ortho nitro benzene ring substituents is 1. The van der Waals surface area contributed by atoms with E-state index in [9.17, 15) is 14.9 Å². The van der Waals surface area contributed by atoms with Crippen molar-refractivity contribution in [3.05, 3.63) is 64.2 Å². The van der Waals surface area contributed by atoms with Crippen LogP contribution in [0.3, 0.4) is 0 Å². The van der Waals surface area contributed by atoms with E-state index in [-0.39, 0.29) is 17.8 Å². The van der Waals surface area contributed by atoms with Crippen LogP contribution in [-0.4, -0.2) is 36.4 Å². The average molecular weight is 426 g/mol. The third-order valence-corrected chi connectivity index (χ3v) is 4.85. The van der Waals surface area contributed by atoms with Gasteiger partial charge in [-0.05, 0) is 42.7 Å². The molecule has 3 rings (SSSR count). The fourth-order valence-corrected chi connectivity index (χ4v) is 3.30. The molecule has 2 aromatic rings. The Morgan fingerprint density at radius 2 is 1.77 bits per heavy atom. The zero-order valence-corrected chi connectivity index (χ0v) is 17.2. The molecule has 0 atom stereocenters. The number of nitrogens with zero attached hydrogens (tertiary/aromatic N) is 2. The minimum Gasteiger partial charge on any atom is -0.490 e. The molecule has 0 saturated heterocycles.